The van der Waals surface area contributed by atoms with Crippen molar-refractivity contribution in [3.63, 3.8) is 0 Å². The lowest BCUT2D eigenvalue weighted by Gasteiger charge is -2.36. The van der Waals surface area contributed by atoms with Gasteiger partial charge in [0.1, 0.15) is 17.7 Å². The van der Waals surface area contributed by atoms with Gasteiger partial charge in [-0.1, -0.05) is 19.3 Å². The lowest BCUT2D eigenvalue weighted by atomic mass is 9.94. The number of amides is 1. The summed E-state index contributed by atoms with van der Waals surface area (Å²) in [5, 5.41) is 0. The Morgan fingerprint density at radius 2 is 1.64 bits per heavy atom. The first-order valence-electron chi connectivity index (χ1n) is 12.9. The van der Waals surface area contributed by atoms with Gasteiger partial charge in [-0.05, 0) is 56.5 Å². The average molecular weight is 560 g/mol. The fraction of sp³-hybridized carbons (Fsp3) is 0.556. The molecule has 0 bridgehead atoms. The number of nitrogens with zero attached hydrogens (tertiary/aromatic N) is 3. The summed E-state index contributed by atoms with van der Waals surface area (Å²) in [5.74, 6) is 1.12. The third-order valence-electron chi connectivity index (χ3n) is 7.45. The molecule has 6 nitrogen and oxygen atoms in total. The van der Waals surface area contributed by atoms with Gasteiger partial charge in [0.2, 0.25) is 0 Å². The molecule has 1 aromatic carbocycles. The Morgan fingerprint density at radius 3 is 2.18 bits per heavy atom. The van der Waals surface area contributed by atoms with Crippen LogP contribution >= 0.6 is 0 Å². The van der Waals surface area contributed by atoms with Gasteiger partial charge in [0.15, 0.2) is 0 Å². The molecular formula is C27H31F6N3O3. The molecule has 1 aromatic heterocycles. The normalized spacial score (nSPS) is 20.7. The topological polar surface area (TPSA) is 54.9 Å². The standard InChI is InChI=1S/C27H31F6N3O3/c1-4-35(21-8-6-5-7-9-21)24-18(12-22(38-3)14-34-24)15-36-16(2)23(39-25(36)37)17-10-19(26(28,29)30)13-20(11-17)27(31,32)33/h10-14,16,21,23H,4-9,15H2,1-3H3. The molecule has 1 aliphatic heterocycles. The molecule has 12 heteroatoms. The molecule has 0 radical (unpaired) electrons. The van der Waals surface area contributed by atoms with E-state index in [-0.39, 0.29) is 24.2 Å². The van der Waals surface area contributed by atoms with Gasteiger partial charge in [-0.15, -0.1) is 0 Å². The Morgan fingerprint density at radius 1 is 1.03 bits per heavy atom. The number of rotatable bonds is 7. The molecule has 214 valence electrons. The van der Waals surface area contributed by atoms with Gasteiger partial charge in [-0.2, -0.15) is 26.3 Å². The maximum Gasteiger partial charge on any atom is 0.416 e. The number of anilines is 1. The van der Waals surface area contributed by atoms with Crippen LogP contribution in [0.4, 0.5) is 37.0 Å². The number of carbonyl (C=O) groups is 1. The molecule has 0 N–H and O–H groups in total. The summed E-state index contributed by atoms with van der Waals surface area (Å²) in [6.45, 7) is 4.21. The zero-order valence-electron chi connectivity index (χ0n) is 21.9. The van der Waals surface area contributed by atoms with Crippen LogP contribution in [0.2, 0.25) is 0 Å². The molecule has 2 aliphatic rings. The number of aromatic nitrogens is 1. The molecule has 4 rings (SSSR count). The summed E-state index contributed by atoms with van der Waals surface area (Å²) in [4.78, 5) is 21.0. The summed E-state index contributed by atoms with van der Waals surface area (Å²) in [6, 6.07) is 2.42. The van der Waals surface area contributed by atoms with Gasteiger partial charge in [0.25, 0.3) is 0 Å². The van der Waals surface area contributed by atoms with Gasteiger partial charge in [0, 0.05) is 18.2 Å². The van der Waals surface area contributed by atoms with Crippen LogP contribution in [0, 0.1) is 0 Å². The van der Waals surface area contributed by atoms with Crippen LogP contribution in [-0.4, -0.2) is 41.7 Å². The Kier molecular flexibility index (Phi) is 8.22. The molecular weight excluding hydrogens is 528 g/mol. The van der Waals surface area contributed by atoms with Crippen molar-refractivity contribution in [1.82, 2.24) is 9.88 Å². The summed E-state index contributed by atoms with van der Waals surface area (Å²) in [7, 11) is 1.48. The molecule has 2 aromatic rings. The van der Waals surface area contributed by atoms with Crippen LogP contribution in [0.3, 0.4) is 0 Å². The van der Waals surface area contributed by atoms with Gasteiger partial charge >= 0.3 is 18.4 Å². The molecule has 1 aliphatic carbocycles. The largest absolute Gasteiger partial charge is 0.495 e. The summed E-state index contributed by atoms with van der Waals surface area (Å²) >= 11 is 0. The summed E-state index contributed by atoms with van der Waals surface area (Å²) in [5.41, 5.74) is -2.65. The first kappa shape index (κ1) is 28.8. The highest BCUT2D eigenvalue weighted by Crippen LogP contribution is 2.41. The van der Waals surface area contributed by atoms with Crippen LogP contribution in [0.1, 0.15) is 74.3 Å². The number of alkyl halides is 6. The van der Waals surface area contributed by atoms with Crippen molar-refractivity contribution in [3.8, 4) is 5.75 Å². The molecule has 1 saturated heterocycles. The van der Waals surface area contributed by atoms with E-state index in [1.54, 1.807) is 12.3 Å². The Labute approximate surface area is 222 Å². The van der Waals surface area contributed by atoms with Crippen LogP contribution in [-0.2, 0) is 23.6 Å². The minimum absolute atomic E-state index is 0.00958. The Bertz CT molecular complexity index is 1150. The van der Waals surface area contributed by atoms with Gasteiger partial charge in [0.05, 0.1) is 37.0 Å². The van der Waals surface area contributed by atoms with Gasteiger partial charge < -0.3 is 14.4 Å². The first-order chi connectivity index (χ1) is 18.3. The van der Waals surface area contributed by atoms with Crippen LogP contribution < -0.4 is 9.64 Å². The fourth-order valence-electron chi connectivity index (χ4n) is 5.43. The zero-order chi connectivity index (χ0) is 28.5. The zero-order valence-corrected chi connectivity index (χ0v) is 21.9. The van der Waals surface area contributed by atoms with Crippen molar-refractivity contribution in [2.45, 2.75) is 83.0 Å². The molecule has 39 heavy (non-hydrogen) atoms. The van der Waals surface area contributed by atoms with Gasteiger partial charge in [-0.25, -0.2) is 9.78 Å². The highest BCUT2D eigenvalue weighted by molar-refractivity contribution is 5.71. The van der Waals surface area contributed by atoms with Gasteiger partial charge in [-0.3, -0.25) is 4.90 Å². The average Bonchev–Trinajstić information content (AvgIpc) is 3.17. The second-order valence-electron chi connectivity index (χ2n) is 9.95. The number of methoxy groups -OCH3 is 1. The van der Waals surface area contributed by atoms with E-state index in [0.717, 1.165) is 25.7 Å². The van der Waals surface area contributed by atoms with E-state index in [0.29, 0.717) is 35.8 Å². The fourth-order valence-corrected chi connectivity index (χ4v) is 5.43. The third-order valence-corrected chi connectivity index (χ3v) is 7.45. The SMILES string of the molecule is CCN(c1ncc(OC)cc1CN1C(=O)OC(c2cc(C(F)(F)F)cc(C(F)(F)F)c2)C1C)C1CCCCC1. The molecule has 2 atom stereocenters. The second kappa shape index (κ2) is 11.1. The highest BCUT2D eigenvalue weighted by atomic mass is 19.4. The van der Waals surface area contributed by atoms with Crippen molar-refractivity contribution < 1.29 is 40.6 Å². The number of benzene rings is 1. The number of hydrogen-bond acceptors (Lipinski definition) is 5. The van der Waals surface area contributed by atoms with Crippen molar-refractivity contribution in [3.05, 3.63) is 52.7 Å². The lowest BCUT2D eigenvalue weighted by Crippen LogP contribution is -2.39. The maximum absolute atomic E-state index is 13.4. The van der Waals surface area contributed by atoms with E-state index in [1.807, 2.05) is 6.92 Å². The molecule has 1 amide bonds. The quantitative estimate of drug-likeness (QED) is 0.332. The van der Waals surface area contributed by atoms with E-state index in [1.165, 1.54) is 25.4 Å². The molecule has 1 saturated carbocycles. The third kappa shape index (κ3) is 6.19. The Balaban J connectivity index is 1.67. The van der Waals surface area contributed by atoms with E-state index in [9.17, 15) is 31.1 Å². The van der Waals surface area contributed by atoms with Crippen LogP contribution in [0.15, 0.2) is 30.5 Å². The molecule has 2 unspecified atom stereocenters. The highest BCUT2D eigenvalue weighted by Gasteiger charge is 2.43. The monoisotopic (exact) mass is 559 g/mol. The van der Waals surface area contributed by atoms with Crippen LogP contribution in [0.25, 0.3) is 0 Å². The number of hydrogen-bond donors (Lipinski definition) is 0. The van der Waals surface area contributed by atoms with E-state index < -0.39 is 41.7 Å². The summed E-state index contributed by atoms with van der Waals surface area (Å²) < 4.78 is 91.3. The predicted molar refractivity (Wildman–Crippen MR) is 131 cm³/mol. The predicted octanol–water partition coefficient (Wildman–Crippen LogP) is 7.37. The maximum atomic E-state index is 13.4. The summed E-state index contributed by atoms with van der Waals surface area (Å²) in [6.07, 6.45) is -5.24. The van der Waals surface area contributed by atoms with Crippen molar-refractivity contribution >= 4 is 11.9 Å². The first-order valence-corrected chi connectivity index (χ1v) is 12.9. The van der Waals surface area contributed by atoms with E-state index in [2.05, 4.69) is 9.88 Å². The van der Waals surface area contributed by atoms with Crippen molar-refractivity contribution in [2.75, 3.05) is 18.6 Å². The van der Waals surface area contributed by atoms with Crippen molar-refractivity contribution in [2.24, 2.45) is 0 Å². The number of cyclic esters (lactones) is 1. The minimum atomic E-state index is -5.01. The molecule has 2 heterocycles. The molecule has 0 spiro atoms. The van der Waals surface area contributed by atoms with E-state index >= 15 is 0 Å². The number of halogens is 6. The molecule has 2 fully saturated rings. The number of ether oxygens (including phenoxy) is 2. The van der Waals surface area contributed by atoms with Crippen LogP contribution in [0.5, 0.6) is 5.75 Å². The number of pyridine rings is 1. The number of carbonyl (C=O) groups excluding carboxylic acids is 1. The lowest BCUT2D eigenvalue weighted by molar-refractivity contribution is -0.143. The minimum Gasteiger partial charge on any atom is -0.495 e. The van der Waals surface area contributed by atoms with E-state index in [4.69, 9.17) is 9.47 Å². The van der Waals surface area contributed by atoms with Crippen molar-refractivity contribution in [1.29, 1.82) is 0 Å². The Hall–Kier alpha value is -3.18. The second-order valence-corrected chi connectivity index (χ2v) is 9.95. The smallest absolute Gasteiger partial charge is 0.416 e.